The van der Waals surface area contributed by atoms with Crippen LogP contribution >= 0.6 is 0 Å². The van der Waals surface area contributed by atoms with Crippen molar-refractivity contribution in [2.75, 3.05) is 19.8 Å². The molecule has 3 rings (SSSR count). The van der Waals surface area contributed by atoms with Crippen LogP contribution in [0.5, 0.6) is 5.75 Å². The average Bonchev–Trinajstić information content (AvgIpc) is 2.63. The lowest BCUT2D eigenvalue weighted by Gasteiger charge is -2.35. The van der Waals surface area contributed by atoms with E-state index in [0.29, 0.717) is 19.8 Å². The number of benzene rings is 1. The van der Waals surface area contributed by atoms with Crippen LogP contribution in [0.1, 0.15) is 43.5 Å². The number of hydrogen-bond donors (Lipinski definition) is 0. The molecule has 1 aromatic heterocycles. The summed E-state index contributed by atoms with van der Waals surface area (Å²) in [4.78, 5) is 4.46. The minimum atomic E-state index is -0.469. The first-order valence-corrected chi connectivity index (χ1v) is 9.00. The van der Waals surface area contributed by atoms with Crippen LogP contribution in [0.2, 0.25) is 0 Å². The first kappa shape index (κ1) is 17.9. The van der Waals surface area contributed by atoms with Crippen LogP contribution < -0.4 is 4.74 Å². The van der Waals surface area contributed by atoms with Crippen LogP contribution in [0, 0.1) is 0 Å². The van der Waals surface area contributed by atoms with Crippen LogP contribution in [0.25, 0.3) is 0 Å². The zero-order chi connectivity index (χ0) is 17.7. The zero-order valence-electron chi connectivity index (χ0n) is 15.3. The standard InChI is InChI=1S/C21H27NO3/c1-4-16-5-8-19(22-13-16)11-12-23-20-9-6-17(7-10-20)18-14-24-21(2,3)25-15-18/h5-10,13,18H,4,11-12,14-15H2,1-3H3. The highest BCUT2D eigenvalue weighted by Gasteiger charge is 2.28. The highest BCUT2D eigenvalue weighted by Crippen LogP contribution is 2.28. The fourth-order valence-corrected chi connectivity index (χ4v) is 2.81. The lowest BCUT2D eigenvalue weighted by atomic mass is 10.00. The van der Waals surface area contributed by atoms with E-state index in [0.717, 1.165) is 24.3 Å². The molecule has 1 aromatic carbocycles. The molecule has 4 heteroatoms. The summed E-state index contributed by atoms with van der Waals surface area (Å²) in [5.74, 6) is 0.693. The van der Waals surface area contributed by atoms with Gasteiger partial charge in [0.2, 0.25) is 0 Å². The number of ether oxygens (including phenoxy) is 3. The molecule has 4 nitrogen and oxygen atoms in total. The molecule has 2 aromatic rings. The minimum absolute atomic E-state index is 0.281. The van der Waals surface area contributed by atoms with Crippen molar-refractivity contribution in [2.24, 2.45) is 0 Å². The van der Waals surface area contributed by atoms with Gasteiger partial charge in [-0.3, -0.25) is 4.98 Å². The lowest BCUT2D eigenvalue weighted by Crippen LogP contribution is -2.38. The molecule has 0 unspecified atom stereocenters. The first-order chi connectivity index (χ1) is 12.1. The Morgan fingerprint density at radius 2 is 1.80 bits per heavy atom. The molecule has 1 aliphatic heterocycles. The summed E-state index contributed by atoms with van der Waals surface area (Å²) in [5.41, 5.74) is 3.55. The molecule has 0 atom stereocenters. The van der Waals surface area contributed by atoms with E-state index in [2.05, 4.69) is 36.2 Å². The average molecular weight is 341 g/mol. The van der Waals surface area contributed by atoms with Crippen molar-refractivity contribution in [2.45, 2.75) is 45.3 Å². The van der Waals surface area contributed by atoms with E-state index in [9.17, 15) is 0 Å². The van der Waals surface area contributed by atoms with Crippen molar-refractivity contribution in [3.8, 4) is 5.75 Å². The molecule has 0 saturated carbocycles. The number of pyridine rings is 1. The predicted molar refractivity (Wildman–Crippen MR) is 98.0 cm³/mol. The van der Waals surface area contributed by atoms with Crippen molar-refractivity contribution >= 4 is 0 Å². The van der Waals surface area contributed by atoms with E-state index >= 15 is 0 Å². The van der Waals surface area contributed by atoms with Gasteiger partial charge in [-0.1, -0.05) is 25.1 Å². The van der Waals surface area contributed by atoms with E-state index in [1.54, 1.807) is 0 Å². The van der Waals surface area contributed by atoms with E-state index in [-0.39, 0.29) is 5.92 Å². The van der Waals surface area contributed by atoms with Crippen LogP contribution in [-0.2, 0) is 22.3 Å². The normalized spacial score (nSPS) is 17.4. The van der Waals surface area contributed by atoms with Crippen LogP contribution in [-0.4, -0.2) is 30.6 Å². The van der Waals surface area contributed by atoms with Crippen LogP contribution in [0.4, 0.5) is 0 Å². The molecule has 0 radical (unpaired) electrons. The number of nitrogens with zero attached hydrogens (tertiary/aromatic N) is 1. The summed E-state index contributed by atoms with van der Waals surface area (Å²) in [5, 5.41) is 0. The van der Waals surface area contributed by atoms with Gasteiger partial charge in [0.15, 0.2) is 5.79 Å². The smallest absolute Gasteiger partial charge is 0.162 e. The summed E-state index contributed by atoms with van der Waals surface area (Å²) >= 11 is 0. The molecule has 0 bridgehead atoms. The van der Waals surface area contributed by atoms with Gasteiger partial charge in [-0.15, -0.1) is 0 Å². The molecule has 0 amide bonds. The third-order valence-corrected chi connectivity index (χ3v) is 4.54. The Hall–Kier alpha value is -1.91. The maximum atomic E-state index is 5.84. The second kappa shape index (κ2) is 7.98. The SMILES string of the molecule is CCc1ccc(CCOc2ccc(C3COC(C)(C)OC3)cc2)nc1. The molecule has 0 N–H and O–H groups in total. The Balaban J connectivity index is 1.47. The Morgan fingerprint density at radius 3 is 2.40 bits per heavy atom. The molecule has 1 saturated heterocycles. The number of aromatic nitrogens is 1. The molecular formula is C21H27NO3. The second-order valence-electron chi connectivity index (χ2n) is 6.90. The Morgan fingerprint density at radius 1 is 1.08 bits per heavy atom. The summed E-state index contributed by atoms with van der Waals surface area (Å²) in [6.07, 6.45) is 3.77. The van der Waals surface area contributed by atoms with Crippen molar-refractivity contribution in [3.05, 3.63) is 59.4 Å². The van der Waals surface area contributed by atoms with Crippen molar-refractivity contribution in [3.63, 3.8) is 0 Å². The van der Waals surface area contributed by atoms with E-state index < -0.39 is 5.79 Å². The van der Waals surface area contributed by atoms with Crippen molar-refractivity contribution in [1.29, 1.82) is 0 Å². The zero-order valence-corrected chi connectivity index (χ0v) is 15.3. The maximum absolute atomic E-state index is 5.84. The number of aryl methyl sites for hydroxylation is 1. The monoisotopic (exact) mass is 341 g/mol. The third kappa shape index (κ3) is 5.03. The molecule has 25 heavy (non-hydrogen) atoms. The number of rotatable bonds is 6. The first-order valence-electron chi connectivity index (χ1n) is 9.00. The highest BCUT2D eigenvalue weighted by atomic mass is 16.7. The van der Waals surface area contributed by atoms with Gasteiger partial charge in [-0.05, 0) is 49.6 Å². The molecule has 1 fully saturated rings. The van der Waals surface area contributed by atoms with Crippen LogP contribution in [0.3, 0.4) is 0 Å². The molecule has 0 aliphatic carbocycles. The van der Waals surface area contributed by atoms with Gasteiger partial charge in [0.05, 0.1) is 19.8 Å². The van der Waals surface area contributed by atoms with Gasteiger partial charge in [-0.2, -0.15) is 0 Å². The summed E-state index contributed by atoms with van der Waals surface area (Å²) < 4.78 is 17.3. The van der Waals surface area contributed by atoms with Gasteiger partial charge < -0.3 is 14.2 Å². The topological polar surface area (TPSA) is 40.6 Å². The fraction of sp³-hybridized carbons (Fsp3) is 0.476. The molecule has 0 spiro atoms. The summed E-state index contributed by atoms with van der Waals surface area (Å²) in [7, 11) is 0. The van der Waals surface area contributed by atoms with Gasteiger partial charge >= 0.3 is 0 Å². The second-order valence-corrected chi connectivity index (χ2v) is 6.90. The van der Waals surface area contributed by atoms with Crippen molar-refractivity contribution in [1.82, 2.24) is 4.98 Å². The third-order valence-electron chi connectivity index (χ3n) is 4.54. The molecule has 134 valence electrons. The van der Waals surface area contributed by atoms with Crippen LogP contribution in [0.15, 0.2) is 42.6 Å². The molecule has 2 heterocycles. The predicted octanol–water partition coefficient (Wildman–Crippen LogP) is 4.13. The Labute approximate surface area is 150 Å². The quantitative estimate of drug-likeness (QED) is 0.792. The maximum Gasteiger partial charge on any atom is 0.162 e. The molecular weight excluding hydrogens is 314 g/mol. The Bertz CT molecular complexity index is 655. The summed E-state index contributed by atoms with van der Waals surface area (Å²) in [6, 6.07) is 12.4. The number of hydrogen-bond acceptors (Lipinski definition) is 4. The fourth-order valence-electron chi connectivity index (χ4n) is 2.81. The van der Waals surface area contributed by atoms with E-state index in [1.165, 1.54) is 11.1 Å². The van der Waals surface area contributed by atoms with Crippen molar-refractivity contribution < 1.29 is 14.2 Å². The van der Waals surface area contributed by atoms with Gasteiger partial charge in [0, 0.05) is 24.2 Å². The minimum Gasteiger partial charge on any atom is -0.493 e. The van der Waals surface area contributed by atoms with E-state index in [1.807, 2.05) is 32.2 Å². The van der Waals surface area contributed by atoms with E-state index in [4.69, 9.17) is 14.2 Å². The van der Waals surface area contributed by atoms with Gasteiger partial charge in [-0.25, -0.2) is 0 Å². The van der Waals surface area contributed by atoms with Gasteiger partial charge in [0.25, 0.3) is 0 Å². The van der Waals surface area contributed by atoms with Gasteiger partial charge in [0.1, 0.15) is 5.75 Å². The summed E-state index contributed by atoms with van der Waals surface area (Å²) in [6.45, 7) is 8.03. The highest BCUT2D eigenvalue weighted by molar-refractivity contribution is 5.30. The molecule has 1 aliphatic rings. The lowest BCUT2D eigenvalue weighted by molar-refractivity contribution is -0.251. The largest absolute Gasteiger partial charge is 0.493 e. The Kier molecular flexibility index (Phi) is 5.71.